The van der Waals surface area contributed by atoms with Crippen LogP contribution < -0.4 is 5.32 Å². The van der Waals surface area contributed by atoms with Crippen LogP contribution in [0.3, 0.4) is 0 Å². The zero-order valence-corrected chi connectivity index (χ0v) is 48.2. The lowest BCUT2D eigenvalue weighted by molar-refractivity contribution is -0.302. The van der Waals surface area contributed by atoms with Gasteiger partial charge in [0.2, 0.25) is 5.91 Å². The molecular formula is C67H113NO8. The van der Waals surface area contributed by atoms with Gasteiger partial charge >= 0.3 is 0 Å². The molecular weight excluding hydrogens is 947 g/mol. The molecule has 1 rings (SSSR count). The molecule has 7 unspecified atom stereocenters. The third kappa shape index (κ3) is 43.6. The molecule has 0 aromatic rings. The molecule has 7 atom stereocenters. The summed E-state index contributed by atoms with van der Waals surface area (Å²) in [6.07, 6.45) is 75.1. The molecule has 0 saturated carbocycles. The molecule has 9 heteroatoms. The fourth-order valence-corrected chi connectivity index (χ4v) is 9.01. The maximum Gasteiger partial charge on any atom is 0.220 e. The Morgan fingerprint density at radius 2 is 0.816 bits per heavy atom. The Morgan fingerprint density at radius 3 is 1.21 bits per heavy atom. The Morgan fingerprint density at radius 1 is 0.461 bits per heavy atom. The molecule has 6 N–H and O–H groups in total. The van der Waals surface area contributed by atoms with Gasteiger partial charge in [-0.15, -0.1) is 0 Å². The highest BCUT2D eigenvalue weighted by Crippen LogP contribution is 2.23. The summed E-state index contributed by atoms with van der Waals surface area (Å²) in [6, 6.07) is -0.742. The average Bonchev–Trinajstić information content (AvgIpc) is 3.42. The molecule has 434 valence electrons. The lowest BCUT2D eigenvalue weighted by Gasteiger charge is -2.40. The number of aliphatic hydroxyl groups is 5. The first-order chi connectivity index (χ1) is 37.3. The zero-order chi connectivity index (χ0) is 55.0. The van der Waals surface area contributed by atoms with Gasteiger partial charge < -0.3 is 40.3 Å². The molecule has 76 heavy (non-hydrogen) atoms. The summed E-state index contributed by atoms with van der Waals surface area (Å²) in [5, 5.41) is 54.7. The van der Waals surface area contributed by atoms with E-state index in [1.165, 1.54) is 96.3 Å². The molecule has 1 aliphatic heterocycles. The predicted octanol–water partition coefficient (Wildman–Crippen LogP) is 15.9. The van der Waals surface area contributed by atoms with Gasteiger partial charge in [0.05, 0.1) is 25.4 Å². The SMILES string of the molecule is CC/C=C\C/C=C\C/C=C\C/C=C\C/C=C\C/C=C\C/C=C\C/C=C\C/C=C\C/C=C\CCCCCCC(=O)NC(COC1OC(CO)C(O)C(O)C1O)C(O)CCCCCCCCCCCCCCCCCCCC. The summed E-state index contributed by atoms with van der Waals surface area (Å²) in [4.78, 5) is 13.1. The second kappa shape index (κ2) is 54.9. The second-order valence-corrected chi connectivity index (χ2v) is 20.8. The summed E-state index contributed by atoms with van der Waals surface area (Å²) >= 11 is 0. The maximum atomic E-state index is 13.1. The number of aliphatic hydroxyl groups excluding tert-OH is 5. The Balaban J connectivity index is 2.22. The number of nitrogens with one attached hydrogen (secondary N) is 1. The lowest BCUT2D eigenvalue weighted by Crippen LogP contribution is -2.60. The molecule has 1 aliphatic rings. The topological polar surface area (TPSA) is 149 Å². The fourth-order valence-electron chi connectivity index (χ4n) is 9.01. The molecule has 0 aliphatic carbocycles. The minimum atomic E-state index is -1.57. The highest BCUT2D eigenvalue weighted by molar-refractivity contribution is 5.76. The predicted molar refractivity (Wildman–Crippen MR) is 322 cm³/mol. The summed E-state index contributed by atoms with van der Waals surface area (Å²) < 4.78 is 11.3. The fraction of sp³-hybridized carbons (Fsp3) is 0.687. The van der Waals surface area contributed by atoms with Gasteiger partial charge in [-0.05, 0) is 89.9 Å². The van der Waals surface area contributed by atoms with Crippen LogP contribution in [0.25, 0.3) is 0 Å². The molecule has 1 fully saturated rings. The molecule has 0 aromatic heterocycles. The highest BCUT2D eigenvalue weighted by atomic mass is 16.7. The molecule has 0 spiro atoms. The van der Waals surface area contributed by atoms with Crippen molar-refractivity contribution in [3.63, 3.8) is 0 Å². The van der Waals surface area contributed by atoms with Crippen LogP contribution in [0.15, 0.2) is 122 Å². The van der Waals surface area contributed by atoms with Crippen molar-refractivity contribution < 1.29 is 39.8 Å². The molecule has 1 amide bonds. The van der Waals surface area contributed by atoms with Gasteiger partial charge in [0, 0.05) is 6.42 Å². The van der Waals surface area contributed by atoms with Crippen LogP contribution in [-0.2, 0) is 14.3 Å². The summed E-state index contributed by atoms with van der Waals surface area (Å²) in [5.41, 5.74) is 0. The van der Waals surface area contributed by atoms with Crippen molar-refractivity contribution in [2.24, 2.45) is 0 Å². The highest BCUT2D eigenvalue weighted by Gasteiger charge is 2.44. The first-order valence-corrected chi connectivity index (χ1v) is 30.7. The number of rotatable bonds is 51. The minimum Gasteiger partial charge on any atom is -0.394 e. The molecule has 1 heterocycles. The number of amides is 1. The van der Waals surface area contributed by atoms with Crippen LogP contribution in [0.1, 0.15) is 239 Å². The lowest BCUT2D eigenvalue weighted by atomic mass is 9.99. The number of allylic oxidation sites excluding steroid dienone is 20. The van der Waals surface area contributed by atoms with Crippen molar-refractivity contribution in [3.8, 4) is 0 Å². The Hall–Kier alpha value is -3.41. The van der Waals surface area contributed by atoms with Gasteiger partial charge in [0.25, 0.3) is 0 Å². The van der Waals surface area contributed by atoms with Crippen molar-refractivity contribution >= 4 is 5.91 Å². The van der Waals surface area contributed by atoms with Crippen LogP contribution in [-0.4, -0.2) is 87.5 Å². The van der Waals surface area contributed by atoms with Gasteiger partial charge in [0.1, 0.15) is 24.4 Å². The number of hydrogen-bond donors (Lipinski definition) is 6. The molecule has 0 aromatic carbocycles. The Bertz CT molecular complexity index is 1610. The van der Waals surface area contributed by atoms with E-state index in [2.05, 4.69) is 141 Å². The molecule has 0 bridgehead atoms. The van der Waals surface area contributed by atoms with Gasteiger partial charge in [-0.3, -0.25) is 4.79 Å². The quantitative estimate of drug-likeness (QED) is 0.0261. The average molecular weight is 1060 g/mol. The number of carbonyl (C=O) groups is 1. The van der Waals surface area contributed by atoms with E-state index in [0.29, 0.717) is 12.8 Å². The zero-order valence-electron chi connectivity index (χ0n) is 48.2. The van der Waals surface area contributed by atoms with Crippen LogP contribution in [0.2, 0.25) is 0 Å². The third-order valence-electron chi connectivity index (χ3n) is 13.8. The monoisotopic (exact) mass is 1060 g/mol. The number of unbranched alkanes of at least 4 members (excludes halogenated alkanes) is 21. The Kier molecular flexibility index (Phi) is 51.0. The third-order valence-corrected chi connectivity index (χ3v) is 13.8. The van der Waals surface area contributed by atoms with E-state index in [1.807, 2.05) is 0 Å². The van der Waals surface area contributed by atoms with Crippen LogP contribution >= 0.6 is 0 Å². The number of carbonyl (C=O) groups excluding carboxylic acids is 1. The van der Waals surface area contributed by atoms with Crippen LogP contribution in [0.4, 0.5) is 0 Å². The van der Waals surface area contributed by atoms with Crippen molar-refractivity contribution in [2.75, 3.05) is 13.2 Å². The van der Waals surface area contributed by atoms with Gasteiger partial charge in [-0.2, -0.15) is 0 Å². The molecule has 9 nitrogen and oxygen atoms in total. The largest absolute Gasteiger partial charge is 0.394 e. The number of hydrogen-bond acceptors (Lipinski definition) is 8. The minimum absolute atomic E-state index is 0.155. The van der Waals surface area contributed by atoms with E-state index in [9.17, 15) is 30.3 Å². The second-order valence-electron chi connectivity index (χ2n) is 20.8. The van der Waals surface area contributed by atoms with Crippen molar-refractivity contribution in [1.82, 2.24) is 5.32 Å². The van der Waals surface area contributed by atoms with E-state index < -0.39 is 49.5 Å². The standard InChI is InChI=1S/C67H113NO8/c1-3-5-7-9-11-13-15-17-19-21-23-24-25-26-27-28-29-30-31-32-33-34-35-36-37-38-39-41-43-45-47-49-51-53-55-57-63(71)68-60(59-75-67-66(74)65(73)64(72)62(58-69)76-67)61(70)56-54-52-50-48-46-44-42-40-22-20-18-16-14-12-10-8-6-4-2/h5,7,11,13,17,19,23-24,26-27,29-30,32-33,35-36,38-39,43,45,60-62,64-67,69-70,72-74H,3-4,6,8-10,12,14-16,18,20-22,25,28,31,34,37,40-42,44,46-59H2,1-2H3,(H,68,71)/b7-5-,13-11-,19-17-,24-23-,27-26-,30-29-,33-32-,36-35-,39-38-,45-43-. The van der Waals surface area contributed by atoms with Gasteiger partial charge in [0.15, 0.2) is 6.29 Å². The summed E-state index contributed by atoms with van der Waals surface area (Å²) in [6.45, 7) is 3.71. The molecule has 1 saturated heterocycles. The normalized spacial score (nSPS) is 19.7. The van der Waals surface area contributed by atoms with Gasteiger partial charge in [-0.25, -0.2) is 0 Å². The van der Waals surface area contributed by atoms with Crippen molar-refractivity contribution in [1.29, 1.82) is 0 Å². The Labute approximate surface area is 465 Å². The first-order valence-electron chi connectivity index (χ1n) is 30.7. The molecule has 0 radical (unpaired) electrons. The summed E-state index contributed by atoms with van der Waals surface area (Å²) in [5.74, 6) is -0.172. The van der Waals surface area contributed by atoms with E-state index in [4.69, 9.17) is 9.47 Å². The van der Waals surface area contributed by atoms with E-state index in [1.54, 1.807) is 0 Å². The van der Waals surface area contributed by atoms with Crippen LogP contribution in [0, 0.1) is 0 Å². The first kappa shape index (κ1) is 70.6. The van der Waals surface area contributed by atoms with Crippen LogP contribution in [0.5, 0.6) is 0 Å². The van der Waals surface area contributed by atoms with E-state index in [0.717, 1.165) is 116 Å². The van der Waals surface area contributed by atoms with Gasteiger partial charge in [-0.1, -0.05) is 264 Å². The maximum absolute atomic E-state index is 13.1. The van der Waals surface area contributed by atoms with E-state index in [-0.39, 0.29) is 12.5 Å². The number of ether oxygens (including phenoxy) is 2. The van der Waals surface area contributed by atoms with E-state index >= 15 is 0 Å². The summed E-state index contributed by atoms with van der Waals surface area (Å²) in [7, 11) is 0. The van der Waals surface area contributed by atoms with Crippen molar-refractivity contribution in [2.45, 2.75) is 281 Å². The smallest absolute Gasteiger partial charge is 0.220 e. The van der Waals surface area contributed by atoms with Crippen molar-refractivity contribution in [3.05, 3.63) is 122 Å².